The molecule has 0 heterocycles. The summed E-state index contributed by atoms with van der Waals surface area (Å²) < 4.78 is 5.17. The van der Waals surface area contributed by atoms with Gasteiger partial charge in [0.1, 0.15) is 5.75 Å². The van der Waals surface area contributed by atoms with Crippen molar-refractivity contribution in [2.45, 2.75) is 6.54 Å². The van der Waals surface area contributed by atoms with Crippen molar-refractivity contribution in [1.29, 1.82) is 0 Å². The van der Waals surface area contributed by atoms with Crippen molar-refractivity contribution in [1.82, 2.24) is 0 Å². The Labute approximate surface area is 117 Å². The molecule has 5 nitrogen and oxygen atoms in total. The smallest absolute Gasteiger partial charge is 0.248 e. The third-order valence-corrected chi connectivity index (χ3v) is 2.95. The van der Waals surface area contributed by atoms with Crippen LogP contribution in [0.5, 0.6) is 5.75 Å². The maximum Gasteiger partial charge on any atom is 0.248 e. The minimum Gasteiger partial charge on any atom is -0.497 e. The molecule has 0 unspecified atom stereocenters. The fourth-order valence-electron chi connectivity index (χ4n) is 1.84. The summed E-state index contributed by atoms with van der Waals surface area (Å²) in [6, 6.07) is 12.6. The Morgan fingerprint density at radius 2 is 2.05 bits per heavy atom. The molecule has 0 bridgehead atoms. The molecule has 2 rings (SSSR count). The van der Waals surface area contributed by atoms with Crippen LogP contribution in [0.25, 0.3) is 0 Å². The Bertz CT molecular complexity index is 626. The second kappa shape index (κ2) is 5.97. The van der Waals surface area contributed by atoms with Gasteiger partial charge < -0.3 is 21.5 Å². The largest absolute Gasteiger partial charge is 0.497 e. The van der Waals surface area contributed by atoms with Crippen LogP contribution in [0, 0.1) is 0 Å². The van der Waals surface area contributed by atoms with E-state index in [2.05, 4.69) is 5.32 Å². The molecule has 0 saturated carbocycles. The molecule has 5 heteroatoms. The number of hydrogen-bond acceptors (Lipinski definition) is 4. The first kappa shape index (κ1) is 13.7. The predicted octanol–water partition coefficient (Wildman–Crippen LogP) is 1.99. The van der Waals surface area contributed by atoms with Crippen LogP contribution in [0.15, 0.2) is 42.5 Å². The second-order valence-corrected chi connectivity index (χ2v) is 4.37. The van der Waals surface area contributed by atoms with Gasteiger partial charge in [-0.05, 0) is 35.9 Å². The molecule has 0 atom stereocenters. The summed E-state index contributed by atoms with van der Waals surface area (Å²) in [6.07, 6.45) is 0. The maximum absolute atomic E-state index is 11.2. The van der Waals surface area contributed by atoms with Gasteiger partial charge in [-0.25, -0.2) is 0 Å². The number of nitrogen functional groups attached to an aromatic ring is 1. The lowest BCUT2D eigenvalue weighted by Crippen LogP contribution is -2.12. The second-order valence-electron chi connectivity index (χ2n) is 4.37. The van der Waals surface area contributed by atoms with Gasteiger partial charge in [0.15, 0.2) is 0 Å². The number of amides is 1. The van der Waals surface area contributed by atoms with E-state index < -0.39 is 5.91 Å². The number of methoxy groups -OCH3 is 1. The van der Waals surface area contributed by atoms with Crippen LogP contribution in [0.3, 0.4) is 0 Å². The van der Waals surface area contributed by atoms with Gasteiger partial charge in [-0.3, -0.25) is 4.79 Å². The summed E-state index contributed by atoms with van der Waals surface area (Å²) >= 11 is 0. The number of primary amides is 1. The van der Waals surface area contributed by atoms with Crippen LogP contribution in [0.1, 0.15) is 15.9 Å². The topological polar surface area (TPSA) is 90.4 Å². The van der Waals surface area contributed by atoms with Crippen molar-refractivity contribution in [2.75, 3.05) is 18.2 Å². The first-order valence-corrected chi connectivity index (χ1v) is 6.16. The Kier molecular flexibility index (Phi) is 4.10. The van der Waals surface area contributed by atoms with Crippen LogP contribution < -0.4 is 21.5 Å². The third-order valence-electron chi connectivity index (χ3n) is 2.95. The highest BCUT2D eigenvalue weighted by atomic mass is 16.5. The number of nitrogens with one attached hydrogen (secondary N) is 1. The van der Waals surface area contributed by atoms with Crippen LogP contribution in [0.4, 0.5) is 11.4 Å². The van der Waals surface area contributed by atoms with Crippen molar-refractivity contribution < 1.29 is 9.53 Å². The number of anilines is 2. The molecule has 0 radical (unpaired) electrons. The van der Waals surface area contributed by atoms with Gasteiger partial charge in [0.2, 0.25) is 5.91 Å². The Hall–Kier alpha value is -2.69. The molecule has 0 aromatic heterocycles. The third kappa shape index (κ3) is 3.20. The number of carbonyl (C=O) groups is 1. The summed E-state index contributed by atoms with van der Waals surface area (Å²) in [6.45, 7) is 0.573. The zero-order valence-electron chi connectivity index (χ0n) is 11.2. The Morgan fingerprint density at radius 1 is 1.25 bits per heavy atom. The Balaban J connectivity index is 2.13. The molecule has 20 heavy (non-hydrogen) atoms. The highest BCUT2D eigenvalue weighted by Crippen LogP contribution is 2.21. The summed E-state index contributed by atoms with van der Waals surface area (Å²) in [5.41, 5.74) is 13.8. The lowest BCUT2D eigenvalue weighted by atomic mass is 10.1. The molecule has 0 aliphatic heterocycles. The van der Waals surface area contributed by atoms with Crippen molar-refractivity contribution in [2.24, 2.45) is 5.73 Å². The van der Waals surface area contributed by atoms with E-state index in [-0.39, 0.29) is 0 Å². The number of carbonyl (C=O) groups excluding carboxylic acids is 1. The minimum atomic E-state index is -0.477. The molecule has 0 saturated heterocycles. The van der Waals surface area contributed by atoms with E-state index >= 15 is 0 Å². The normalized spacial score (nSPS) is 10.1. The quantitative estimate of drug-likeness (QED) is 0.725. The maximum atomic E-state index is 11.2. The van der Waals surface area contributed by atoms with Crippen molar-refractivity contribution in [3.8, 4) is 5.75 Å². The highest BCUT2D eigenvalue weighted by Gasteiger charge is 2.05. The van der Waals surface area contributed by atoms with E-state index in [0.717, 1.165) is 11.3 Å². The van der Waals surface area contributed by atoms with Gasteiger partial charge >= 0.3 is 0 Å². The zero-order chi connectivity index (χ0) is 14.5. The molecule has 2 aromatic rings. The number of nitrogens with two attached hydrogens (primary N) is 2. The summed E-state index contributed by atoms with van der Waals surface area (Å²) in [5, 5.41) is 3.19. The number of hydrogen-bond donors (Lipinski definition) is 3. The fraction of sp³-hybridized carbons (Fsp3) is 0.133. The first-order valence-electron chi connectivity index (χ1n) is 6.16. The monoisotopic (exact) mass is 271 g/mol. The van der Waals surface area contributed by atoms with Crippen LogP contribution >= 0.6 is 0 Å². The molecule has 2 aromatic carbocycles. The molecule has 0 aliphatic rings. The molecule has 5 N–H and O–H groups in total. The van der Waals surface area contributed by atoms with Crippen LogP contribution in [-0.2, 0) is 6.54 Å². The number of ether oxygens (including phenoxy) is 1. The van der Waals surface area contributed by atoms with Gasteiger partial charge in [0, 0.05) is 12.1 Å². The minimum absolute atomic E-state index is 0.423. The van der Waals surface area contributed by atoms with E-state index in [0.29, 0.717) is 23.5 Å². The van der Waals surface area contributed by atoms with Crippen LogP contribution in [0.2, 0.25) is 0 Å². The van der Waals surface area contributed by atoms with E-state index in [1.165, 1.54) is 0 Å². The van der Waals surface area contributed by atoms with E-state index in [4.69, 9.17) is 16.2 Å². The molecule has 0 aliphatic carbocycles. The van der Waals surface area contributed by atoms with Crippen molar-refractivity contribution >= 4 is 17.3 Å². The average Bonchev–Trinajstić information content (AvgIpc) is 2.46. The van der Waals surface area contributed by atoms with Crippen molar-refractivity contribution in [3.05, 3.63) is 53.6 Å². The van der Waals surface area contributed by atoms with Crippen LogP contribution in [-0.4, -0.2) is 13.0 Å². The summed E-state index contributed by atoms with van der Waals surface area (Å²) in [5.74, 6) is 0.317. The van der Waals surface area contributed by atoms with Crippen molar-refractivity contribution in [3.63, 3.8) is 0 Å². The molecule has 104 valence electrons. The van der Waals surface area contributed by atoms with Gasteiger partial charge in [0.05, 0.1) is 18.5 Å². The average molecular weight is 271 g/mol. The lowest BCUT2D eigenvalue weighted by Gasteiger charge is -2.11. The van der Waals surface area contributed by atoms with E-state index in [1.54, 1.807) is 25.3 Å². The Morgan fingerprint density at radius 3 is 2.75 bits per heavy atom. The number of rotatable bonds is 5. The summed E-state index contributed by atoms with van der Waals surface area (Å²) in [7, 11) is 1.63. The predicted molar refractivity (Wildman–Crippen MR) is 79.7 cm³/mol. The molecular weight excluding hydrogens is 254 g/mol. The standard InChI is InChI=1S/C15H17N3O2/c1-20-12-4-2-3-10(7-12)9-18-14-8-11(15(17)19)5-6-13(14)16/h2-8,18H,9,16H2,1H3,(H2,17,19). The first-order chi connectivity index (χ1) is 9.60. The zero-order valence-corrected chi connectivity index (χ0v) is 11.2. The van der Waals surface area contributed by atoms with Gasteiger partial charge in [-0.1, -0.05) is 12.1 Å². The molecule has 0 fully saturated rings. The fourth-order valence-corrected chi connectivity index (χ4v) is 1.84. The van der Waals surface area contributed by atoms with E-state index in [9.17, 15) is 4.79 Å². The van der Waals surface area contributed by atoms with Gasteiger partial charge in [0.25, 0.3) is 0 Å². The molecule has 0 spiro atoms. The SMILES string of the molecule is COc1cccc(CNc2cc(C(N)=O)ccc2N)c1. The lowest BCUT2D eigenvalue weighted by molar-refractivity contribution is 0.100. The van der Waals surface area contributed by atoms with Gasteiger partial charge in [-0.2, -0.15) is 0 Å². The van der Waals surface area contributed by atoms with E-state index in [1.807, 2.05) is 24.3 Å². The van der Waals surface area contributed by atoms with Gasteiger partial charge in [-0.15, -0.1) is 0 Å². The molecular formula is C15H17N3O2. The summed E-state index contributed by atoms with van der Waals surface area (Å²) in [4.78, 5) is 11.2. The number of benzene rings is 2. The molecule has 1 amide bonds. The highest BCUT2D eigenvalue weighted by molar-refractivity contribution is 5.94.